The smallest absolute Gasteiger partial charge is 0.121 e. The SMILES string of the molecule is [2H]c1cnccc1OC. The molecule has 0 radical (unpaired) electrons. The second-order valence-electron chi connectivity index (χ2n) is 1.31. The Kier molecular flexibility index (Phi) is 1.12. The van der Waals surface area contributed by atoms with E-state index in [1.165, 1.54) is 13.3 Å². The van der Waals surface area contributed by atoms with Crippen molar-refractivity contribution in [2.24, 2.45) is 0 Å². The van der Waals surface area contributed by atoms with Gasteiger partial charge in [0.2, 0.25) is 0 Å². The van der Waals surface area contributed by atoms with Gasteiger partial charge in [0.05, 0.1) is 8.48 Å². The number of hydrogen-bond donors (Lipinski definition) is 0. The summed E-state index contributed by atoms with van der Waals surface area (Å²) in [6.45, 7) is 0. The molecule has 0 N–H and O–H groups in total. The van der Waals surface area contributed by atoms with Gasteiger partial charge in [-0.2, -0.15) is 0 Å². The molecule has 0 amide bonds. The first kappa shape index (κ1) is 3.89. The van der Waals surface area contributed by atoms with Crippen LogP contribution < -0.4 is 4.74 Å². The Morgan fingerprint density at radius 2 is 2.62 bits per heavy atom. The molecule has 0 aliphatic heterocycles. The number of methoxy groups -OCH3 is 1. The second-order valence-corrected chi connectivity index (χ2v) is 1.31. The van der Waals surface area contributed by atoms with E-state index in [4.69, 9.17) is 6.11 Å². The molecule has 2 heteroatoms. The van der Waals surface area contributed by atoms with Gasteiger partial charge in [-0.1, -0.05) is 0 Å². The molecule has 2 nitrogen and oxygen atoms in total. The highest BCUT2D eigenvalue weighted by atomic mass is 16.5. The van der Waals surface area contributed by atoms with Crippen LogP contribution in [0.4, 0.5) is 0 Å². The van der Waals surface area contributed by atoms with Crippen molar-refractivity contribution in [2.45, 2.75) is 0 Å². The summed E-state index contributed by atoms with van der Waals surface area (Å²) in [6.07, 6.45) is 3.04. The van der Waals surface area contributed by atoms with Crippen LogP contribution in [0.25, 0.3) is 0 Å². The Morgan fingerprint density at radius 1 is 1.75 bits per heavy atom. The molecule has 1 rings (SSSR count). The Hall–Kier alpha value is -1.05. The van der Waals surface area contributed by atoms with E-state index < -0.39 is 0 Å². The van der Waals surface area contributed by atoms with Gasteiger partial charge >= 0.3 is 0 Å². The van der Waals surface area contributed by atoms with E-state index in [1.54, 1.807) is 12.3 Å². The minimum atomic E-state index is 0.319. The number of pyridine rings is 1. The van der Waals surface area contributed by atoms with E-state index in [1.807, 2.05) is 0 Å². The maximum absolute atomic E-state index is 7.18. The molecule has 0 aliphatic carbocycles. The van der Waals surface area contributed by atoms with Crippen molar-refractivity contribution in [3.05, 3.63) is 24.5 Å². The monoisotopic (exact) mass is 110 g/mol. The van der Waals surface area contributed by atoms with Gasteiger partial charge in [-0.3, -0.25) is 4.98 Å². The fraction of sp³-hybridized carbons (Fsp3) is 0.167. The van der Waals surface area contributed by atoms with Crippen molar-refractivity contribution in [3.8, 4) is 5.75 Å². The number of nitrogens with zero attached hydrogens (tertiary/aromatic N) is 1. The lowest BCUT2D eigenvalue weighted by molar-refractivity contribution is 0.414. The molecule has 0 saturated heterocycles. The second kappa shape index (κ2) is 2.31. The average molecular weight is 110 g/mol. The zero-order valence-electron chi connectivity index (χ0n) is 5.59. The Bertz CT molecular complexity index is 202. The zero-order valence-corrected chi connectivity index (χ0v) is 4.59. The average Bonchev–Trinajstić information content (AvgIpc) is 1.89. The lowest BCUT2D eigenvalue weighted by Crippen LogP contribution is -1.80. The van der Waals surface area contributed by atoms with Crippen LogP contribution in [0.5, 0.6) is 5.75 Å². The lowest BCUT2D eigenvalue weighted by Gasteiger charge is -1.93. The van der Waals surface area contributed by atoms with Crippen LogP contribution >= 0.6 is 0 Å². The van der Waals surface area contributed by atoms with Gasteiger partial charge < -0.3 is 4.74 Å². The molecule has 1 aromatic heterocycles. The molecule has 0 unspecified atom stereocenters. The highest BCUT2D eigenvalue weighted by molar-refractivity contribution is 5.16. The van der Waals surface area contributed by atoms with Crippen LogP contribution in [0.1, 0.15) is 1.37 Å². The van der Waals surface area contributed by atoms with Crippen LogP contribution in [0.2, 0.25) is 0 Å². The van der Waals surface area contributed by atoms with E-state index >= 15 is 0 Å². The third-order valence-corrected chi connectivity index (χ3v) is 0.813. The Morgan fingerprint density at radius 3 is 3.12 bits per heavy atom. The van der Waals surface area contributed by atoms with Crippen molar-refractivity contribution in [1.82, 2.24) is 4.98 Å². The van der Waals surface area contributed by atoms with Crippen molar-refractivity contribution in [2.75, 3.05) is 7.11 Å². The molecule has 1 heterocycles. The minimum Gasteiger partial charge on any atom is -0.497 e. The van der Waals surface area contributed by atoms with Gasteiger partial charge in [0.1, 0.15) is 5.75 Å². The molecular formula is C6H7NO. The molecule has 0 atom stereocenters. The standard InChI is InChI=1S/C6H7NO/c1-8-6-2-4-7-5-3-6/h2-5H,1H3/i2D. The number of rotatable bonds is 1. The van der Waals surface area contributed by atoms with E-state index in [2.05, 4.69) is 4.98 Å². The first-order valence-corrected chi connectivity index (χ1v) is 2.29. The van der Waals surface area contributed by atoms with Crippen molar-refractivity contribution in [1.29, 1.82) is 0 Å². The van der Waals surface area contributed by atoms with E-state index in [0.717, 1.165) is 0 Å². The lowest BCUT2D eigenvalue weighted by atomic mass is 10.5. The van der Waals surface area contributed by atoms with Gasteiger partial charge in [-0.05, 0) is 12.1 Å². The molecule has 0 spiro atoms. The third kappa shape index (κ3) is 0.964. The molecule has 42 valence electrons. The topological polar surface area (TPSA) is 22.1 Å². The largest absolute Gasteiger partial charge is 0.497 e. The summed E-state index contributed by atoms with van der Waals surface area (Å²) < 4.78 is 12.0. The molecule has 0 bridgehead atoms. The number of hydrogen-bond acceptors (Lipinski definition) is 2. The Balaban J connectivity index is 3.01. The molecule has 1 aromatic rings. The third-order valence-electron chi connectivity index (χ3n) is 0.813. The van der Waals surface area contributed by atoms with E-state index in [-0.39, 0.29) is 0 Å². The van der Waals surface area contributed by atoms with Crippen LogP contribution in [0, 0.1) is 0 Å². The van der Waals surface area contributed by atoms with E-state index in [9.17, 15) is 0 Å². The quantitative estimate of drug-likeness (QED) is 0.540. The van der Waals surface area contributed by atoms with Gasteiger partial charge in [0.25, 0.3) is 0 Å². The maximum Gasteiger partial charge on any atom is 0.121 e. The van der Waals surface area contributed by atoms with Gasteiger partial charge in [-0.25, -0.2) is 0 Å². The number of ether oxygens (including phenoxy) is 1. The van der Waals surface area contributed by atoms with Crippen molar-refractivity contribution >= 4 is 0 Å². The normalized spacial score (nSPS) is 10.4. The summed E-state index contributed by atoms with van der Waals surface area (Å²) in [7, 11) is 1.54. The van der Waals surface area contributed by atoms with Gasteiger partial charge in [0, 0.05) is 12.4 Å². The molecule has 0 fully saturated rings. The Labute approximate surface area is 49.5 Å². The highest BCUT2D eigenvalue weighted by Crippen LogP contribution is 2.03. The first-order chi connectivity index (χ1) is 4.34. The maximum atomic E-state index is 7.18. The molecule has 0 aromatic carbocycles. The zero-order chi connectivity index (χ0) is 6.69. The summed E-state index contributed by atoms with van der Waals surface area (Å²) in [6, 6.07) is 1.97. The molecule has 0 aliphatic rings. The van der Waals surface area contributed by atoms with Crippen LogP contribution in [-0.2, 0) is 0 Å². The van der Waals surface area contributed by atoms with Crippen LogP contribution in [-0.4, -0.2) is 12.1 Å². The minimum absolute atomic E-state index is 0.319. The predicted octanol–water partition coefficient (Wildman–Crippen LogP) is 1.09. The fourth-order valence-electron chi connectivity index (χ4n) is 0.430. The number of aromatic nitrogens is 1. The van der Waals surface area contributed by atoms with E-state index in [0.29, 0.717) is 11.8 Å². The predicted molar refractivity (Wildman–Crippen MR) is 30.8 cm³/mol. The summed E-state index contributed by atoms with van der Waals surface area (Å²) in [5.41, 5.74) is 0. The van der Waals surface area contributed by atoms with Gasteiger partial charge in [0.15, 0.2) is 0 Å². The molecule has 0 saturated carbocycles. The summed E-state index contributed by atoms with van der Waals surface area (Å²) in [5.74, 6) is 0.560. The fourth-order valence-corrected chi connectivity index (χ4v) is 0.430. The molecular weight excluding hydrogens is 102 g/mol. The van der Waals surface area contributed by atoms with Crippen molar-refractivity contribution in [3.63, 3.8) is 0 Å². The van der Waals surface area contributed by atoms with Crippen molar-refractivity contribution < 1.29 is 6.11 Å². The van der Waals surface area contributed by atoms with Gasteiger partial charge in [-0.15, -0.1) is 0 Å². The molecule has 8 heavy (non-hydrogen) atoms. The highest BCUT2D eigenvalue weighted by Gasteiger charge is 1.81. The van der Waals surface area contributed by atoms with Crippen LogP contribution in [0.3, 0.4) is 0 Å². The first-order valence-electron chi connectivity index (χ1n) is 2.79. The summed E-state index contributed by atoms with van der Waals surface area (Å²) >= 11 is 0. The van der Waals surface area contributed by atoms with Crippen LogP contribution in [0.15, 0.2) is 24.5 Å². The summed E-state index contributed by atoms with van der Waals surface area (Å²) in [4.78, 5) is 3.73. The summed E-state index contributed by atoms with van der Waals surface area (Å²) in [5, 5.41) is 0.